The van der Waals surface area contributed by atoms with Crippen molar-refractivity contribution in [2.24, 2.45) is 5.92 Å². The Balaban J connectivity index is 2.07. The predicted molar refractivity (Wildman–Crippen MR) is 45.7 cm³/mol. The van der Waals surface area contributed by atoms with E-state index in [1.54, 1.807) is 0 Å². The molecule has 0 aromatic heterocycles. The van der Waals surface area contributed by atoms with Crippen molar-refractivity contribution in [3.63, 3.8) is 0 Å². The first kappa shape index (κ1) is 8.09. The van der Waals surface area contributed by atoms with Crippen LogP contribution in [0.2, 0.25) is 0 Å². The van der Waals surface area contributed by atoms with Gasteiger partial charge in [0.1, 0.15) is 5.60 Å². The third kappa shape index (κ3) is 1.23. The number of carbonyl (C=O) groups is 1. The van der Waals surface area contributed by atoms with Crippen molar-refractivity contribution in [1.29, 1.82) is 0 Å². The molecule has 0 aromatic rings. The number of ether oxygens (including phenoxy) is 1. The molecule has 2 heteroatoms. The van der Waals surface area contributed by atoms with Gasteiger partial charge in [0.05, 0.1) is 5.92 Å². The maximum absolute atomic E-state index is 11.2. The van der Waals surface area contributed by atoms with E-state index in [1.165, 1.54) is 19.3 Å². The number of rotatable bonds is 0. The molecule has 0 aromatic carbocycles. The summed E-state index contributed by atoms with van der Waals surface area (Å²) in [4.78, 5) is 11.2. The van der Waals surface area contributed by atoms with Crippen molar-refractivity contribution in [3.05, 3.63) is 0 Å². The largest absolute Gasteiger partial charge is 0.459 e. The first-order valence-corrected chi connectivity index (χ1v) is 4.95. The maximum Gasteiger partial charge on any atom is 0.309 e. The Labute approximate surface area is 73.3 Å². The average Bonchev–Trinajstić information content (AvgIpc) is 2.29. The van der Waals surface area contributed by atoms with Crippen molar-refractivity contribution in [1.82, 2.24) is 0 Å². The first-order valence-electron chi connectivity index (χ1n) is 4.95. The Morgan fingerprint density at radius 3 is 2.50 bits per heavy atom. The summed E-state index contributed by atoms with van der Waals surface area (Å²) in [7, 11) is 0. The molecule has 1 aliphatic heterocycles. The summed E-state index contributed by atoms with van der Waals surface area (Å²) in [6.07, 6.45) is 6.95. The lowest BCUT2D eigenvalue weighted by Gasteiger charge is -2.31. The Morgan fingerprint density at radius 1 is 1.33 bits per heavy atom. The minimum absolute atomic E-state index is 0.0249. The molecule has 12 heavy (non-hydrogen) atoms. The highest BCUT2D eigenvalue weighted by Gasteiger charge is 2.44. The third-order valence-electron chi connectivity index (χ3n) is 3.16. The van der Waals surface area contributed by atoms with Crippen LogP contribution in [0.25, 0.3) is 0 Å². The zero-order valence-electron chi connectivity index (χ0n) is 7.64. The smallest absolute Gasteiger partial charge is 0.309 e. The van der Waals surface area contributed by atoms with Crippen LogP contribution < -0.4 is 0 Å². The molecular weight excluding hydrogens is 152 g/mol. The van der Waals surface area contributed by atoms with Crippen molar-refractivity contribution in [2.75, 3.05) is 0 Å². The van der Waals surface area contributed by atoms with E-state index in [0.29, 0.717) is 0 Å². The highest BCUT2D eigenvalue weighted by atomic mass is 16.6. The van der Waals surface area contributed by atoms with Gasteiger partial charge in [0.2, 0.25) is 0 Å². The van der Waals surface area contributed by atoms with E-state index in [4.69, 9.17) is 4.74 Å². The molecular formula is C10H16O2. The SMILES string of the molecule is CC1CC2(CCCCC2)OC1=O. The van der Waals surface area contributed by atoms with Gasteiger partial charge in [-0.1, -0.05) is 13.3 Å². The van der Waals surface area contributed by atoms with E-state index >= 15 is 0 Å². The van der Waals surface area contributed by atoms with Crippen LogP contribution in [0.1, 0.15) is 45.4 Å². The molecule has 1 atom stereocenters. The van der Waals surface area contributed by atoms with Crippen molar-refractivity contribution < 1.29 is 9.53 Å². The van der Waals surface area contributed by atoms with Crippen molar-refractivity contribution in [3.8, 4) is 0 Å². The molecule has 1 spiro atoms. The van der Waals surface area contributed by atoms with Gasteiger partial charge >= 0.3 is 5.97 Å². The Hall–Kier alpha value is -0.530. The Kier molecular flexibility index (Phi) is 1.85. The van der Waals surface area contributed by atoms with Crippen LogP contribution >= 0.6 is 0 Å². The molecule has 1 aliphatic carbocycles. The fourth-order valence-electron chi connectivity index (χ4n) is 2.50. The van der Waals surface area contributed by atoms with Gasteiger partial charge in [0.25, 0.3) is 0 Å². The second-order valence-electron chi connectivity index (χ2n) is 4.27. The number of esters is 1. The summed E-state index contributed by atoms with van der Waals surface area (Å²) in [5, 5.41) is 0. The fourth-order valence-corrected chi connectivity index (χ4v) is 2.50. The molecule has 0 bridgehead atoms. The van der Waals surface area contributed by atoms with E-state index in [-0.39, 0.29) is 17.5 Å². The van der Waals surface area contributed by atoms with E-state index in [9.17, 15) is 4.79 Å². The summed E-state index contributed by atoms with van der Waals surface area (Å²) in [6.45, 7) is 1.98. The summed E-state index contributed by atoms with van der Waals surface area (Å²) in [6, 6.07) is 0. The van der Waals surface area contributed by atoms with Gasteiger partial charge in [-0.15, -0.1) is 0 Å². The zero-order valence-corrected chi connectivity index (χ0v) is 7.64. The van der Waals surface area contributed by atoms with Gasteiger partial charge in [-0.05, 0) is 25.7 Å². The summed E-state index contributed by atoms with van der Waals surface area (Å²) < 4.78 is 5.46. The van der Waals surface area contributed by atoms with Gasteiger partial charge in [-0.3, -0.25) is 4.79 Å². The molecule has 2 nitrogen and oxygen atoms in total. The fraction of sp³-hybridized carbons (Fsp3) is 0.900. The molecule has 0 amide bonds. The lowest BCUT2D eigenvalue weighted by atomic mass is 9.81. The van der Waals surface area contributed by atoms with Crippen LogP contribution in [0, 0.1) is 5.92 Å². The first-order chi connectivity index (χ1) is 5.72. The molecule has 68 valence electrons. The van der Waals surface area contributed by atoms with E-state index in [2.05, 4.69) is 0 Å². The highest BCUT2D eigenvalue weighted by molar-refractivity contribution is 5.74. The van der Waals surface area contributed by atoms with Gasteiger partial charge in [0.15, 0.2) is 0 Å². The van der Waals surface area contributed by atoms with E-state index < -0.39 is 0 Å². The molecule has 0 N–H and O–H groups in total. The summed E-state index contributed by atoms with van der Waals surface area (Å²) in [5.41, 5.74) is -0.0330. The Morgan fingerprint density at radius 2 is 2.00 bits per heavy atom. The van der Waals surface area contributed by atoms with Gasteiger partial charge in [0, 0.05) is 6.42 Å². The molecule has 2 aliphatic rings. The molecule has 1 unspecified atom stereocenters. The maximum atomic E-state index is 11.2. The highest BCUT2D eigenvalue weighted by Crippen LogP contribution is 2.41. The summed E-state index contributed by atoms with van der Waals surface area (Å²) in [5.74, 6) is 0.167. The monoisotopic (exact) mass is 168 g/mol. The minimum atomic E-state index is -0.0330. The number of hydrogen-bond donors (Lipinski definition) is 0. The zero-order chi connectivity index (χ0) is 8.60. The van der Waals surface area contributed by atoms with Crippen molar-refractivity contribution in [2.45, 2.75) is 51.0 Å². The van der Waals surface area contributed by atoms with E-state index in [0.717, 1.165) is 19.3 Å². The lowest BCUT2D eigenvalue weighted by molar-refractivity contribution is -0.152. The van der Waals surface area contributed by atoms with Crippen LogP contribution in [0.15, 0.2) is 0 Å². The topological polar surface area (TPSA) is 26.3 Å². The van der Waals surface area contributed by atoms with Crippen LogP contribution in [0.5, 0.6) is 0 Å². The summed E-state index contributed by atoms with van der Waals surface area (Å²) >= 11 is 0. The molecule has 1 saturated carbocycles. The molecule has 2 fully saturated rings. The normalized spacial score (nSPS) is 33.8. The van der Waals surface area contributed by atoms with Crippen LogP contribution in [-0.4, -0.2) is 11.6 Å². The standard InChI is InChI=1S/C10H16O2/c1-8-7-10(12-9(8)11)5-3-2-4-6-10/h8H,2-7H2,1H3. The second-order valence-corrected chi connectivity index (χ2v) is 4.27. The molecule has 1 heterocycles. The van der Waals surface area contributed by atoms with Crippen LogP contribution in [-0.2, 0) is 9.53 Å². The van der Waals surface area contributed by atoms with Crippen LogP contribution in [0.4, 0.5) is 0 Å². The number of carbonyl (C=O) groups excluding carboxylic acids is 1. The lowest BCUT2D eigenvalue weighted by Crippen LogP contribution is -2.30. The van der Waals surface area contributed by atoms with Gasteiger partial charge < -0.3 is 4.74 Å². The minimum Gasteiger partial charge on any atom is -0.459 e. The van der Waals surface area contributed by atoms with E-state index in [1.807, 2.05) is 6.92 Å². The second kappa shape index (κ2) is 2.75. The molecule has 2 rings (SSSR count). The van der Waals surface area contributed by atoms with Crippen LogP contribution in [0.3, 0.4) is 0 Å². The predicted octanol–water partition coefficient (Wildman–Crippen LogP) is 2.27. The quantitative estimate of drug-likeness (QED) is 0.519. The molecule has 1 saturated heterocycles. The van der Waals surface area contributed by atoms with Crippen molar-refractivity contribution >= 4 is 5.97 Å². The Bertz CT molecular complexity index is 192. The van der Waals surface area contributed by atoms with Gasteiger partial charge in [-0.2, -0.15) is 0 Å². The number of hydrogen-bond acceptors (Lipinski definition) is 2. The van der Waals surface area contributed by atoms with Gasteiger partial charge in [-0.25, -0.2) is 0 Å². The third-order valence-corrected chi connectivity index (χ3v) is 3.16. The molecule has 0 radical (unpaired) electrons. The average molecular weight is 168 g/mol.